The Bertz CT molecular complexity index is 1510. The van der Waals surface area contributed by atoms with Gasteiger partial charge in [0.15, 0.2) is 17.4 Å². The molecule has 42 heavy (non-hydrogen) atoms. The molecule has 5 rings (SSSR count). The highest BCUT2D eigenvalue weighted by Crippen LogP contribution is 2.34. The summed E-state index contributed by atoms with van der Waals surface area (Å²) in [5, 5.41) is 4.57. The highest BCUT2D eigenvalue weighted by atomic mass is 19.1. The number of Topliss-reactive ketones (excluding diaryl/α,β-unsaturated/α-hetero) is 1. The van der Waals surface area contributed by atoms with Crippen LogP contribution in [0.4, 0.5) is 8.78 Å². The fraction of sp³-hybridized carbons (Fsp3) is 0.353. The minimum absolute atomic E-state index is 0.0671. The summed E-state index contributed by atoms with van der Waals surface area (Å²) in [6, 6.07) is 19.5. The van der Waals surface area contributed by atoms with E-state index in [0.717, 1.165) is 44.1 Å². The summed E-state index contributed by atoms with van der Waals surface area (Å²) in [6.45, 7) is 2.23. The van der Waals surface area contributed by atoms with Crippen LogP contribution in [0.1, 0.15) is 61.4 Å². The van der Waals surface area contributed by atoms with Gasteiger partial charge in [-0.05, 0) is 111 Å². The van der Waals surface area contributed by atoms with Gasteiger partial charge in [0.2, 0.25) is 0 Å². The zero-order valence-corrected chi connectivity index (χ0v) is 23.8. The van der Waals surface area contributed by atoms with E-state index in [4.69, 9.17) is 4.74 Å². The topological polar surface area (TPSA) is 74.1 Å². The number of rotatable bonds is 11. The molecule has 0 aliphatic heterocycles. The Labute approximate surface area is 244 Å². The van der Waals surface area contributed by atoms with Crippen LogP contribution in [-0.4, -0.2) is 33.1 Å². The Kier molecular flexibility index (Phi) is 9.52. The van der Waals surface area contributed by atoms with Crippen LogP contribution in [-0.2, 0) is 22.5 Å². The molecule has 0 radical (unpaired) electrons. The summed E-state index contributed by atoms with van der Waals surface area (Å²) in [4.78, 5) is 29.9. The third-order valence-corrected chi connectivity index (χ3v) is 7.96. The van der Waals surface area contributed by atoms with Gasteiger partial charge >= 0.3 is 5.97 Å². The standard InChI is InChI=1S/C34H35F2N3O3/c1-2-42-34(41)28-5-3-4-24(20-28)9-6-23-7-10-25(11-8-23)21-31(40)22-39-33(27-14-18-30(36)19-15-27)37-32(38-39)26-12-16-29(35)17-13-26/h3-5,12-20,23,25H,2,6-11,21-22H2,1H3. The lowest BCUT2D eigenvalue weighted by Gasteiger charge is -2.28. The lowest BCUT2D eigenvalue weighted by molar-refractivity contribution is -0.121. The maximum Gasteiger partial charge on any atom is 0.338 e. The van der Waals surface area contributed by atoms with E-state index in [1.807, 2.05) is 12.1 Å². The summed E-state index contributed by atoms with van der Waals surface area (Å²) in [7, 11) is 0. The molecular weight excluding hydrogens is 536 g/mol. The van der Waals surface area contributed by atoms with E-state index < -0.39 is 0 Å². The fourth-order valence-electron chi connectivity index (χ4n) is 5.70. The Hall–Kier alpha value is -4.20. The van der Waals surface area contributed by atoms with Crippen LogP contribution in [0.5, 0.6) is 0 Å². The van der Waals surface area contributed by atoms with Crippen LogP contribution in [0.3, 0.4) is 0 Å². The van der Waals surface area contributed by atoms with Crippen molar-refractivity contribution in [1.82, 2.24) is 14.8 Å². The first kappa shape index (κ1) is 29.3. The molecule has 0 bridgehead atoms. The first-order valence-electron chi connectivity index (χ1n) is 14.6. The number of halogens is 2. The van der Waals surface area contributed by atoms with E-state index in [2.05, 4.69) is 16.1 Å². The largest absolute Gasteiger partial charge is 0.462 e. The zero-order valence-electron chi connectivity index (χ0n) is 23.8. The molecule has 8 heteroatoms. The average Bonchev–Trinajstić information content (AvgIpc) is 3.41. The van der Waals surface area contributed by atoms with Gasteiger partial charge in [-0.3, -0.25) is 4.79 Å². The van der Waals surface area contributed by atoms with Gasteiger partial charge in [-0.15, -0.1) is 5.10 Å². The Balaban J connectivity index is 1.17. The van der Waals surface area contributed by atoms with Crippen LogP contribution < -0.4 is 0 Å². The molecule has 0 atom stereocenters. The molecular formula is C34H35F2N3O3. The number of carbonyl (C=O) groups is 2. The number of nitrogens with zero attached hydrogens (tertiary/aromatic N) is 3. The molecule has 6 nitrogen and oxygen atoms in total. The van der Waals surface area contributed by atoms with Crippen molar-refractivity contribution in [3.8, 4) is 22.8 Å². The minimum atomic E-state index is -0.361. The van der Waals surface area contributed by atoms with Crippen LogP contribution in [0.15, 0.2) is 72.8 Å². The summed E-state index contributed by atoms with van der Waals surface area (Å²) in [6.07, 6.45) is 6.60. The Morgan fingerprint density at radius 2 is 1.52 bits per heavy atom. The minimum Gasteiger partial charge on any atom is -0.462 e. The molecule has 1 heterocycles. The van der Waals surface area contributed by atoms with Gasteiger partial charge in [-0.25, -0.2) is 23.2 Å². The third-order valence-electron chi connectivity index (χ3n) is 7.96. The number of esters is 1. The van der Waals surface area contributed by atoms with Gasteiger partial charge in [0.25, 0.3) is 0 Å². The molecule has 218 valence electrons. The van der Waals surface area contributed by atoms with Crippen molar-refractivity contribution in [3.05, 3.63) is 95.6 Å². The van der Waals surface area contributed by atoms with Crippen molar-refractivity contribution in [2.45, 2.75) is 58.4 Å². The number of ether oxygens (including phenoxy) is 1. The molecule has 1 saturated carbocycles. The maximum absolute atomic E-state index is 13.6. The van der Waals surface area contributed by atoms with Crippen molar-refractivity contribution in [3.63, 3.8) is 0 Å². The Morgan fingerprint density at radius 3 is 2.19 bits per heavy atom. The molecule has 3 aromatic carbocycles. The highest BCUT2D eigenvalue weighted by molar-refractivity contribution is 5.89. The molecule has 0 unspecified atom stereocenters. The molecule has 1 aliphatic carbocycles. The van der Waals surface area contributed by atoms with Crippen LogP contribution >= 0.6 is 0 Å². The SMILES string of the molecule is CCOC(=O)c1cccc(CCC2CCC(CC(=O)Cn3nc(-c4ccc(F)cc4)nc3-c3ccc(F)cc3)CC2)c1. The quantitative estimate of drug-likeness (QED) is 0.175. The molecule has 1 fully saturated rings. The van der Waals surface area contributed by atoms with E-state index in [1.165, 1.54) is 24.3 Å². The number of aromatic nitrogens is 3. The molecule has 0 saturated heterocycles. The summed E-state index contributed by atoms with van der Waals surface area (Å²) >= 11 is 0. The number of benzene rings is 3. The number of hydrogen-bond donors (Lipinski definition) is 0. The third kappa shape index (κ3) is 7.55. The van der Waals surface area contributed by atoms with Crippen LogP contribution in [0.25, 0.3) is 22.8 Å². The van der Waals surface area contributed by atoms with Crippen molar-refractivity contribution < 1.29 is 23.1 Å². The molecule has 1 aromatic heterocycles. The van der Waals surface area contributed by atoms with E-state index in [9.17, 15) is 18.4 Å². The second kappa shape index (κ2) is 13.6. The molecule has 0 spiro atoms. The van der Waals surface area contributed by atoms with Crippen LogP contribution in [0, 0.1) is 23.5 Å². The predicted octanol–water partition coefficient (Wildman–Crippen LogP) is 7.47. The monoisotopic (exact) mass is 571 g/mol. The normalized spacial score (nSPS) is 16.7. The van der Waals surface area contributed by atoms with Crippen molar-refractivity contribution in [2.75, 3.05) is 6.61 Å². The number of hydrogen-bond acceptors (Lipinski definition) is 5. The molecule has 0 N–H and O–H groups in total. The Morgan fingerprint density at radius 1 is 0.881 bits per heavy atom. The van der Waals surface area contributed by atoms with Gasteiger partial charge < -0.3 is 4.74 Å². The summed E-state index contributed by atoms with van der Waals surface area (Å²) in [5.41, 5.74) is 3.02. The maximum atomic E-state index is 13.6. The number of carbonyl (C=O) groups excluding carboxylic acids is 2. The van der Waals surface area contributed by atoms with E-state index in [-0.39, 0.29) is 29.9 Å². The van der Waals surface area contributed by atoms with Gasteiger partial charge in [0, 0.05) is 17.5 Å². The molecule has 4 aromatic rings. The van der Waals surface area contributed by atoms with Gasteiger partial charge in [-0.1, -0.05) is 25.0 Å². The highest BCUT2D eigenvalue weighted by Gasteiger charge is 2.24. The number of ketones is 1. The van der Waals surface area contributed by atoms with Crippen LogP contribution in [0.2, 0.25) is 0 Å². The first-order valence-corrected chi connectivity index (χ1v) is 14.6. The van der Waals surface area contributed by atoms with Gasteiger partial charge in [-0.2, -0.15) is 0 Å². The van der Waals surface area contributed by atoms with E-state index in [0.29, 0.717) is 53.2 Å². The summed E-state index contributed by atoms with van der Waals surface area (Å²) in [5.74, 6) is 0.857. The first-order chi connectivity index (χ1) is 20.4. The molecule has 0 amide bonds. The van der Waals surface area contributed by atoms with Gasteiger partial charge in [0.05, 0.1) is 12.2 Å². The fourth-order valence-corrected chi connectivity index (χ4v) is 5.70. The van der Waals surface area contributed by atoms with E-state index >= 15 is 0 Å². The van der Waals surface area contributed by atoms with E-state index in [1.54, 1.807) is 41.9 Å². The smallest absolute Gasteiger partial charge is 0.338 e. The average molecular weight is 572 g/mol. The molecule has 1 aliphatic rings. The second-order valence-electron chi connectivity index (χ2n) is 11.0. The van der Waals surface area contributed by atoms with Crippen molar-refractivity contribution >= 4 is 11.8 Å². The predicted molar refractivity (Wildman–Crippen MR) is 157 cm³/mol. The zero-order chi connectivity index (χ0) is 29.5. The van der Waals surface area contributed by atoms with Crippen molar-refractivity contribution in [2.24, 2.45) is 11.8 Å². The lowest BCUT2D eigenvalue weighted by atomic mass is 9.78. The number of aryl methyl sites for hydroxylation is 1. The lowest BCUT2D eigenvalue weighted by Crippen LogP contribution is -2.21. The summed E-state index contributed by atoms with van der Waals surface area (Å²) < 4.78 is 33.7. The second-order valence-corrected chi connectivity index (χ2v) is 11.0. The van der Waals surface area contributed by atoms with Gasteiger partial charge in [0.1, 0.15) is 18.2 Å². The van der Waals surface area contributed by atoms with Crippen molar-refractivity contribution in [1.29, 1.82) is 0 Å².